The van der Waals surface area contributed by atoms with Crippen LogP contribution in [0.3, 0.4) is 0 Å². The highest BCUT2D eigenvalue weighted by molar-refractivity contribution is 7.80. The van der Waals surface area contributed by atoms with Crippen molar-refractivity contribution in [3.63, 3.8) is 0 Å². The molecule has 1 saturated carbocycles. The molecule has 3 saturated heterocycles. The van der Waals surface area contributed by atoms with E-state index in [4.69, 9.17) is 17.0 Å². The first kappa shape index (κ1) is 23.3. The molecule has 1 aliphatic carbocycles. The fraction of sp³-hybridized carbons (Fsp3) is 0.652. The van der Waals surface area contributed by atoms with E-state index in [-0.39, 0.29) is 29.9 Å². The van der Waals surface area contributed by atoms with Crippen LogP contribution in [0.5, 0.6) is 0 Å². The fourth-order valence-corrected chi connectivity index (χ4v) is 5.25. The van der Waals surface area contributed by atoms with Crippen molar-refractivity contribution in [2.24, 2.45) is 0 Å². The van der Waals surface area contributed by atoms with Crippen LogP contribution in [0.15, 0.2) is 18.3 Å². The molecule has 11 heteroatoms. The summed E-state index contributed by atoms with van der Waals surface area (Å²) in [6.45, 7) is 4.45. The van der Waals surface area contributed by atoms with Crippen LogP contribution in [0.1, 0.15) is 32.1 Å². The van der Waals surface area contributed by atoms with Gasteiger partial charge in [0.2, 0.25) is 11.8 Å². The summed E-state index contributed by atoms with van der Waals surface area (Å²) in [6, 6.07) is 4.39. The number of hydrogen-bond acceptors (Lipinski definition) is 7. The number of rotatable bonds is 7. The highest BCUT2D eigenvalue weighted by Crippen LogP contribution is 2.26. The molecule has 3 aliphatic heterocycles. The number of nitrogens with one attached hydrogen (secondary N) is 4. The van der Waals surface area contributed by atoms with Gasteiger partial charge in [-0.1, -0.05) is 0 Å². The van der Waals surface area contributed by atoms with Gasteiger partial charge in [0.15, 0.2) is 5.11 Å². The average molecular weight is 488 g/mol. The Kier molecular flexibility index (Phi) is 7.12. The number of nitrogens with zero attached hydrogens (tertiary/aromatic N) is 3. The van der Waals surface area contributed by atoms with E-state index in [1.165, 1.54) is 0 Å². The highest BCUT2D eigenvalue weighted by atomic mass is 32.1. The van der Waals surface area contributed by atoms with Crippen LogP contribution in [0, 0.1) is 0 Å². The van der Waals surface area contributed by atoms with Crippen molar-refractivity contribution in [2.45, 2.75) is 56.3 Å². The predicted octanol–water partition coefficient (Wildman–Crippen LogP) is 0.205. The van der Waals surface area contributed by atoms with Crippen LogP contribution in [-0.4, -0.2) is 90.4 Å². The van der Waals surface area contributed by atoms with E-state index in [1.807, 2.05) is 12.1 Å². The number of pyridine rings is 1. The van der Waals surface area contributed by atoms with Crippen LogP contribution in [0.4, 0.5) is 11.5 Å². The van der Waals surface area contributed by atoms with Crippen molar-refractivity contribution in [3.05, 3.63) is 18.3 Å². The Morgan fingerprint density at radius 2 is 2.03 bits per heavy atom. The number of hydrogen-bond donors (Lipinski definition) is 4. The van der Waals surface area contributed by atoms with E-state index < -0.39 is 0 Å². The molecular weight excluding hydrogens is 454 g/mol. The molecule has 4 N–H and O–H groups in total. The molecule has 4 aliphatic rings. The van der Waals surface area contributed by atoms with Gasteiger partial charge in [0.05, 0.1) is 31.1 Å². The Bertz CT molecular complexity index is 904. The van der Waals surface area contributed by atoms with Crippen molar-refractivity contribution in [1.29, 1.82) is 0 Å². The number of aromatic nitrogens is 1. The Hall–Kier alpha value is -2.50. The number of morpholine rings is 1. The van der Waals surface area contributed by atoms with Gasteiger partial charge in [0.25, 0.3) is 0 Å². The zero-order valence-corrected chi connectivity index (χ0v) is 20.1. The van der Waals surface area contributed by atoms with Gasteiger partial charge in [0, 0.05) is 50.7 Å². The lowest BCUT2D eigenvalue weighted by atomic mass is 10.0. The first-order chi connectivity index (χ1) is 16.5. The van der Waals surface area contributed by atoms with Crippen molar-refractivity contribution < 1.29 is 14.3 Å². The highest BCUT2D eigenvalue weighted by Gasteiger charge is 2.43. The standard InChI is InChI=1S/C23H33N7O3S/c31-21(26-15-1-2-15)6-4-18-13-25-22(32)19-11-17(14-30(18)19)28-23(34)27-16-3-5-20(24-12-16)29-7-9-33-10-8-29/h3,5,12,15,17-19H,1-2,4,6-11,13-14H2,(H,25,32)(H,26,31)(H2,27,28,34). The van der Waals surface area contributed by atoms with Crippen LogP contribution in [0.25, 0.3) is 0 Å². The third-order valence-corrected chi connectivity index (χ3v) is 7.17. The Morgan fingerprint density at radius 3 is 2.76 bits per heavy atom. The second kappa shape index (κ2) is 10.4. The van der Waals surface area contributed by atoms with Gasteiger partial charge in [-0.15, -0.1) is 0 Å². The molecule has 34 heavy (non-hydrogen) atoms. The zero-order chi connectivity index (χ0) is 23.5. The van der Waals surface area contributed by atoms with Crippen LogP contribution in [-0.2, 0) is 14.3 Å². The summed E-state index contributed by atoms with van der Waals surface area (Å²) in [5.74, 6) is 1.11. The lowest BCUT2D eigenvalue weighted by Crippen LogP contribution is -2.58. The van der Waals surface area contributed by atoms with E-state index in [0.717, 1.165) is 63.6 Å². The van der Waals surface area contributed by atoms with Crippen molar-refractivity contribution in [1.82, 2.24) is 25.8 Å². The van der Waals surface area contributed by atoms with E-state index in [1.54, 1.807) is 6.20 Å². The third-order valence-electron chi connectivity index (χ3n) is 6.95. The Morgan fingerprint density at radius 1 is 1.21 bits per heavy atom. The number of carbonyl (C=O) groups is 2. The molecule has 4 fully saturated rings. The first-order valence-corrected chi connectivity index (χ1v) is 12.6. The number of fused-ring (bicyclic) bond motifs is 1. The number of anilines is 2. The molecule has 2 amide bonds. The summed E-state index contributed by atoms with van der Waals surface area (Å²) in [4.78, 5) is 33.6. The molecule has 0 bridgehead atoms. The topological polar surface area (TPSA) is 111 Å². The molecule has 4 heterocycles. The van der Waals surface area contributed by atoms with Gasteiger partial charge < -0.3 is 30.9 Å². The second-order valence-electron chi connectivity index (χ2n) is 9.53. The number of thiocarbonyl (C=S) groups is 1. The summed E-state index contributed by atoms with van der Waals surface area (Å²) in [7, 11) is 0. The first-order valence-electron chi connectivity index (χ1n) is 12.2. The van der Waals surface area contributed by atoms with E-state index in [9.17, 15) is 9.59 Å². The summed E-state index contributed by atoms with van der Waals surface area (Å²) >= 11 is 5.54. The van der Waals surface area contributed by atoms with Crippen LogP contribution < -0.4 is 26.2 Å². The molecule has 3 unspecified atom stereocenters. The molecule has 3 atom stereocenters. The second-order valence-corrected chi connectivity index (χ2v) is 9.94. The minimum absolute atomic E-state index is 0.0600. The quantitative estimate of drug-likeness (QED) is 0.401. The number of amides is 2. The van der Waals surface area contributed by atoms with Gasteiger partial charge in [0.1, 0.15) is 5.82 Å². The fourth-order valence-electron chi connectivity index (χ4n) is 4.97. The lowest BCUT2D eigenvalue weighted by Gasteiger charge is -2.37. The average Bonchev–Trinajstić information content (AvgIpc) is 3.55. The molecule has 0 radical (unpaired) electrons. The number of carbonyl (C=O) groups excluding carboxylic acids is 2. The van der Waals surface area contributed by atoms with Gasteiger partial charge in [-0.3, -0.25) is 14.5 Å². The molecule has 1 aromatic heterocycles. The normalized spacial score (nSPS) is 27.0. The summed E-state index contributed by atoms with van der Waals surface area (Å²) < 4.78 is 5.40. The van der Waals surface area contributed by atoms with Gasteiger partial charge in [-0.05, 0) is 50.0 Å². The summed E-state index contributed by atoms with van der Waals surface area (Å²) in [5.41, 5.74) is 0.822. The number of piperazine rings is 1. The molecule has 0 spiro atoms. The maximum Gasteiger partial charge on any atom is 0.237 e. The SMILES string of the molecule is O=C(CCC1CNC(=O)C2CC(NC(=S)Nc3ccc(N4CCOCC4)nc3)CN12)NC1CC1. The minimum Gasteiger partial charge on any atom is -0.378 e. The van der Waals surface area contributed by atoms with Crippen molar-refractivity contribution in [3.8, 4) is 0 Å². The molecule has 5 rings (SSSR count). The van der Waals surface area contributed by atoms with E-state index >= 15 is 0 Å². The summed E-state index contributed by atoms with van der Waals surface area (Å²) in [6.07, 6.45) is 5.89. The largest absolute Gasteiger partial charge is 0.378 e. The van der Waals surface area contributed by atoms with Gasteiger partial charge in [-0.25, -0.2) is 4.98 Å². The molecule has 1 aromatic rings. The van der Waals surface area contributed by atoms with E-state index in [2.05, 4.69) is 36.1 Å². The van der Waals surface area contributed by atoms with Crippen LogP contribution in [0.2, 0.25) is 0 Å². The molecule has 184 valence electrons. The van der Waals surface area contributed by atoms with Gasteiger partial charge in [-0.2, -0.15) is 0 Å². The molecule has 10 nitrogen and oxygen atoms in total. The Balaban J connectivity index is 1.11. The van der Waals surface area contributed by atoms with Crippen molar-refractivity contribution >= 4 is 40.6 Å². The minimum atomic E-state index is -0.181. The lowest BCUT2D eigenvalue weighted by molar-refractivity contribution is -0.129. The molecule has 0 aromatic carbocycles. The third kappa shape index (κ3) is 5.76. The van der Waals surface area contributed by atoms with E-state index in [0.29, 0.717) is 30.5 Å². The van der Waals surface area contributed by atoms with Crippen LogP contribution >= 0.6 is 12.2 Å². The Labute approximate surface area is 205 Å². The zero-order valence-electron chi connectivity index (χ0n) is 19.3. The smallest absolute Gasteiger partial charge is 0.237 e. The van der Waals surface area contributed by atoms with Gasteiger partial charge >= 0.3 is 0 Å². The molecular formula is C23H33N7O3S. The van der Waals surface area contributed by atoms with Crippen molar-refractivity contribution in [2.75, 3.05) is 49.6 Å². The predicted molar refractivity (Wildman–Crippen MR) is 133 cm³/mol. The maximum atomic E-state index is 12.5. The number of ether oxygens (including phenoxy) is 1. The summed E-state index contributed by atoms with van der Waals surface area (Å²) in [5, 5.41) is 13.2. The maximum absolute atomic E-state index is 12.5. The monoisotopic (exact) mass is 487 g/mol.